The molecule has 0 radical (unpaired) electrons. The predicted molar refractivity (Wildman–Crippen MR) is 139 cm³/mol. The molecule has 0 spiro atoms. The lowest BCUT2D eigenvalue weighted by molar-refractivity contribution is -0.129. The Balaban J connectivity index is 1.34. The number of piperazine rings is 1. The van der Waals surface area contributed by atoms with Crippen LogP contribution in [0.2, 0.25) is 10.0 Å². The highest BCUT2D eigenvalue weighted by Crippen LogP contribution is 2.31. The molecule has 1 N–H and O–H groups in total. The first kappa shape index (κ1) is 25.8. The van der Waals surface area contributed by atoms with Gasteiger partial charge in [-0.2, -0.15) is 0 Å². The van der Waals surface area contributed by atoms with E-state index in [1.807, 2.05) is 29.2 Å². The summed E-state index contributed by atoms with van der Waals surface area (Å²) < 4.78 is 5.21. The molecule has 1 aliphatic carbocycles. The van der Waals surface area contributed by atoms with Gasteiger partial charge in [-0.3, -0.25) is 14.5 Å². The third kappa shape index (κ3) is 6.49. The van der Waals surface area contributed by atoms with Gasteiger partial charge in [-0.15, -0.1) is 0 Å². The molecule has 0 bridgehead atoms. The first-order valence-electron chi connectivity index (χ1n) is 12.4. The summed E-state index contributed by atoms with van der Waals surface area (Å²) in [7, 11) is 1.65. The van der Waals surface area contributed by atoms with Gasteiger partial charge < -0.3 is 15.0 Å². The van der Waals surface area contributed by atoms with Gasteiger partial charge in [0.15, 0.2) is 0 Å². The highest BCUT2D eigenvalue weighted by atomic mass is 35.5. The number of amides is 2. The molecule has 2 aromatic rings. The second kappa shape index (κ2) is 12.1. The van der Waals surface area contributed by atoms with Crippen LogP contribution in [0.5, 0.6) is 5.75 Å². The number of nitrogens with zero attached hydrogens (tertiary/aromatic N) is 2. The van der Waals surface area contributed by atoms with E-state index in [2.05, 4.69) is 10.2 Å². The summed E-state index contributed by atoms with van der Waals surface area (Å²) in [5.74, 6) is 1.25. The molecule has 2 aromatic carbocycles. The lowest BCUT2D eigenvalue weighted by atomic mass is 9.94. The summed E-state index contributed by atoms with van der Waals surface area (Å²) >= 11 is 12.1. The zero-order valence-corrected chi connectivity index (χ0v) is 21.7. The summed E-state index contributed by atoms with van der Waals surface area (Å²) in [5.41, 5.74) is 1.70. The number of benzene rings is 2. The second-order valence-corrected chi connectivity index (χ2v) is 10.1. The molecule has 2 amide bonds. The molecule has 1 unspecified atom stereocenters. The molecule has 1 saturated heterocycles. The Labute approximate surface area is 217 Å². The number of halogens is 2. The first-order chi connectivity index (χ1) is 17.0. The molecule has 6 nitrogen and oxygen atoms in total. The normalized spacial score (nSPS) is 17.9. The molecule has 2 aliphatic rings. The van der Waals surface area contributed by atoms with Crippen molar-refractivity contribution >= 4 is 35.0 Å². The van der Waals surface area contributed by atoms with E-state index in [1.54, 1.807) is 25.3 Å². The van der Waals surface area contributed by atoms with Gasteiger partial charge in [-0.05, 0) is 61.1 Å². The molecule has 35 heavy (non-hydrogen) atoms. The Morgan fingerprint density at radius 3 is 2.31 bits per heavy atom. The number of carbonyl (C=O) groups excluding carboxylic acids is 2. The van der Waals surface area contributed by atoms with Gasteiger partial charge in [-0.25, -0.2) is 0 Å². The van der Waals surface area contributed by atoms with Crippen molar-refractivity contribution in [3.05, 3.63) is 63.6 Å². The van der Waals surface area contributed by atoms with E-state index in [9.17, 15) is 9.59 Å². The van der Waals surface area contributed by atoms with E-state index < -0.39 is 0 Å². The predicted octanol–water partition coefficient (Wildman–Crippen LogP) is 4.68. The van der Waals surface area contributed by atoms with Crippen LogP contribution in [0.3, 0.4) is 0 Å². The molecular formula is C27H33Cl2N3O3. The van der Waals surface area contributed by atoms with Gasteiger partial charge in [0.1, 0.15) is 5.75 Å². The number of methoxy groups -OCH3 is 1. The first-order valence-corrected chi connectivity index (χ1v) is 13.1. The largest absolute Gasteiger partial charge is 0.497 e. The van der Waals surface area contributed by atoms with Crippen LogP contribution in [0.1, 0.15) is 41.6 Å². The van der Waals surface area contributed by atoms with E-state index in [0.717, 1.165) is 30.6 Å². The summed E-state index contributed by atoms with van der Waals surface area (Å²) in [6, 6.07) is 12.8. The van der Waals surface area contributed by atoms with Crippen LogP contribution in [0, 0.1) is 5.92 Å². The maximum atomic E-state index is 13.3. The van der Waals surface area contributed by atoms with Crippen LogP contribution in [0.4, 0.5) is 0 Å². The summed E-state index contributed by atoms with van der Waals surface area (Å²) in [6.45, 7) is 3.13. The molecule has 2 fully saturated rings. The topological polar surface area (TPSA) is 61.9 Å². The fourth-order valence-electron chi connectivity index (χ4n) is 5.19. The van der Waals surface area contributed by atoms with Crippen molar-refractivity contribution < 1.29 is 14.3 Å². The molecule has 8 heteroatoms. The van der Waals surface area contributed by atoms with Crippen LogP contribution in [-0.4, -0.2) is 67.5 Å². The zero-order chi connectivity index (χ0) is 24.8. The van der Waals surface area contributed by atoms with Crippen LogP contribution in [0.15, 0.2) is 42.5 Å². The molecule has 188 valence electrons. The van der Waals surface area contributed by atoms with Crippen LogP contribution in [0.25, 0.3) is 0 Å². The van der Waals surface area contributed by atoms with Crippen molar-refractivity contribution in [2.45, 2.75) is 38.1 Å². The average molecular weight is 518 g/mol. The standard InChI is InChI=1S/C27H33Cl2N3O3/c1-35-22-9-6-19(7-10-22)12-13-30-26(33)25(20-4-2-3-5-20)31-14-16-32(17-15-31)27(34)21-8-11-23(28)24(29)18-21/h6-11,18,20,25H,2-5,12-17H2,1H3,(H,30,33). The fourth-order valence-corrected chi connectivity index (χ4v) is 5.49. The maximum Gasteiger partial charge on any atom is 0.253 e. The molecule has 1 atom stereocenters. The zero-order valence-electron chi connectivity index (χ0n) is 20.1. The second-order valence-electron chi connectivity index (χ2n) is 9.34. The molecule has 1 saturated carbocycles. The number of ether oxygens (including phenoxy) is 1. The molecule has 1 heterocycles. The van der Waals surface area contributed by atoms with Gasteiger partial charge in [0.05, 0.1) is 23.2 Å². The average Bonchev–Trinajstić information content (AvgIpc) is 3.40. The van der Waals surface area contributed by atoms with Crippen LogP contribution in [-0.2, 0) is 11.2 Å². The third-order valence-electron chi connectivity index (χ3n) is 7.15. The SMILES string of the molecule is COc1ccc(CCNC(=O)C(C2CCCC2)N2CCN(C(=O)c3ccc(Cl)c(Cl)c3)CC2)cc1. The molecule has 1 aliphatic heterocycles. The van der Waals surface area contributed by atoms with Gasteiger partial charge >= 0.3 is 0 Å². The third-order valence-corrected chi connectivity index (χ3v) is 7.89. The quantitative estimate of drug-likeness (QED) is 0.552. The Morgan fingerprint density at radius 2 is 1.69 bits per heavy atom. The monoisotopic (exact) mass is 517 g/mol. The van der Waals surface area contributed by atoms with Crippen molar-refractivity contribution in [3.8, 4) is 5.75 Å². The Kier molecular flexibility index (Phi) is 8.93. The minimum absolute atomic E-state index is 0.0513. The van der Waals surface area contributed by atoms with Crippen molar-refractivity contribution in [3.63, 3.8) is 0 Å². The van der Waals surface area contributed by atoms with Gasteiger partial charge in [-0.1, -0.05) is 48.2 Å². The Hall–Kier alpha value is -2.28. The van der Waals surface area contributed by atoms with Crippen LogP contribution < -0.4 is 10.1 Å². The lowest BCUT2D eigenvalue weighted by Crippen LogP contribution is -2.58. The van der Waals surface area contributed by atoms with Gasteiger partial charge in [0.25, 0.3) is 5.91 Å². The van der Waals surface area contributed by atoms with E-state index >= 15 is 0 Å². The lowest BCUT2D eigenvalue weighted by Gasteiger charge is -2.40. The highest BCUT2D eigenvalue weighted by molar-refractivity contribution is 6.42. The summed E-state index contributed by atoms with van der Waals surface area (Å²) in [5, 5.41) is 4.00. The van der Waals surface area contributed by atoms with E-state index in [0.29, 0.717) is 54.3 Å². The van der Waals surface area contributed by atoms with E-state index in [-0.39, 0.29) is 17.9 Å². The number of rotatable bonds is 8. The minimum Gasteiger partial charge on any atom is -0.497 e. The van der Waals surface area contributed by atoms with Crippen molar-refractivity contribution in [1.29, 1.82) is 0 Å². The Bertz CT molecular complexity index is 1020. The highest BCUT2D eigenvalue weighted by Gasteiger charge is 2.37. The molecular weight excluding hydrogens is 485 g/mol. The maximum absolute atomic E-state index is 13.3. The minimum atomic E-state index is -0.143. The fraction of sp³-hybridized carbons (Fsp3) is 0.481. The number of hydrogen-bond acceptors (Lipinski definition) is 4. The molecule has 0 aromatic heterocycles. The van der Waals surface area contributed by atoms with Crippen molar-refractivity contribution in [2.75, 3.05) is 39.8 Å². The Morgan fingerprint density at radius 1 is 1.00 bits per heavy atom. The summed E-state index contributed by atoms with van der Waals surface area (Å²) in [6.07, 6.45) is 5.29. The van der Waals surface area contributed by atoms with Gasteiger partial charge in [0.2, 0.25) is 5.91 Å². The number of carbonyl (C=O) groups is 2. The summed E-state index contributed by atoms with van der Waals surface area (Å²) in [4.78, 5) is 30.4. The number of hydrogen-bond donors (Lipinski definition) is 1. The molecule has 4 rings (SSSR count). The van der Waals surface area contributed by atoms with E-state index in [1.165, 1.54) is 12.8 Å². The van der Waals surface area contributed by atoms with Crippen molar-refractivity contribution in [2.24, 2.45) is 5.92 Å². The van der Waals surface area contributed by atoms with E-state index in [4.69, 9.17) is 27.9 Å². The smallest absolute Gasteiger partial charge is 0.253 e. The van der Waals surface area contributed by atoms with Crippen molar-refractivity contribution in [1.82, 2.24) is 15.1 Å². The van der Waals surface area contributed by atoms with Crippen LogP contribution >= 0.6 is 23.2 Å². The van der Waals surface area contributed by atoms with Gasteiger partial charge in [0, 0.05) is 38.3 Å². The number of nitrogens with one attached hydrogen (secondary N) is 1.